The second-order valence-electron chi connectivity index (χ2n) is 7.34. The summed E-state index contributed by atoms with van der Waals surface area (Å²) >= 11 is 0. The number of ether oxygens (including phenoxy) is 1. The number of aromatic nitrogens is 2. The standard InChI is InChI=1S/C23H23F3N4O3/c1-3-15(13-27-14-31)22(32)28-21-12-20(30(29-21)19-10-5-4-9-18(19)24)16-7-6-8-17(11-16)33-23(2,25)26/h4-12,14-15H,3,13H2,1-2H3,(H,27,31)(H,28,29,32)/t15-/m1/s1. The number of para-hydroxylation sites is 1. The lowest BCUT2D eigenvalue weighted by molar-refractivity contribution is -0.158. The Morgan fingerprint density at radius 1 is 1.21 bits per heavy atom. The Bertz CT molecular complexity index is 1130. The zero-order valence-corrected chi connectivity index (χ0v) is 18.0. The largest absolute Gasteiger partial charge is 0.433 e. The molecule has 0 radical (unpaired) electrons. The molecular formula is C23H23F3N4O3. The van der Waals surface area contributed by atoms with Crippen molar-refractivity contribution in [1.82, 2.24) is 15.1 Å². The molecule has 0 saturated heterocycles. The van der Waals surface area contributed by atoms with Gasteiger partial charge in [0.2, 0.25) is 12.3 Å². The van der Waals surface area contributed by atoms with Crippen molar-refractivity contribution in [3.63, 3.8) is 0 Å². The molecule has 0 fully saturated rings. The molecular weight excluding hydrogens is 437 g/mol. The summed E-state index contributed by atoms with van der Waals surface area (Å²) in [7, 11) is 0. The lowest BCUT2D eigenvalue weighted by Gasteiger charge is -2.14. The number of anilines is 1. The number of alkyl halides is 2. The highest BCUT2D eigenvalue weighted by Crippen LogP contribution is 2.31. The van der Waals surface area contributed by atoms with E-state index in [9.17, 15) is 22.8 Å². The molecule has 10 heteroatoms. The van der Waals surface area contributed by atoms with Gasteiger partial charge in [-0.2, -0.15) is 8.78 Å². The van der Waals surface area contributed by atoms with Crippen LogP contribution in [0, 0.1) is 11.7 Å². The van der Waals surface area contributed by atoms with E-state index in [1.54, 1.807) is 19.1 Å². The van der Waals surface area contributed by atoms with Gasteiger partial charge in [0.05, 0.1) is 11.6 Å². The van der Waals surface area contributed by atoms with Crippen LogP contribution in [0.3, 0.4) is 0 Å². The highest BCUT2D eigenvalue weighted by atomic mass is 19.3. The van der Waals surface area contributed by atoms with Crippen LogP contribution >= 0.6 is 0 Å². The third kappa shape index (κ3) is 6.12. The van der Waals surface area contributed by atoms with Gasteiger partial charge in [-0.25, -0.2) is 9.07 Å². The van der Waals surface area contributed by atoms with Crippen LogP contribution in [0.25, 0.3) is 16.9 Å². The monoisotopic (exact) mass is 460 g/mol. The number of carbonyl (C=O) groups excluding carboxylic acids is 2. The van der Waals surface area contributed by atoms with E-state index in [-0.39, 0.29) is 29.7 Å². The first-order chi connectivity index (χ1) is 15.7. The van der Waals surface area contributed by atoms with E-state index < -0.39 is 17.8 Å². The maximum atomic E-state index is 14.6. The fourth-order valence-electron chi connectivity index (χ4n) is 3.22. The summed E-state index contributed by atoms with van der Waals surface area (Å²) in [6.45, 7) is 2.58. The van der Waals surface area contributed by atoms with Crippen LogP contribution in [0.15, 0.2) is 54.6 Å². The Hall–Kier alpha value is -3.82. The number of amides is 2. The lowest BCUT2D eigenvalue weighted by atomic mass is 10.1. The second-order valence-corrected chi connectivity index (χ2v) is 7.34. The normalized spacial score (nSPS) is 12.2. The third-order valence-corrected chi connectivity index (χ3v) is 4.78. The van der Waals surface area contributed by atoms with Crippen LogP contribution in [0.4, 0.5) is 19.0 Å². The van der Waals surface area contributed by atoms with Gasteiger partial charge in [-0.1, -0.05) is 31.2 Å². The van der Waals surface area contributed by atoms with Crippen LogP contribution in [-0.2, 0) is 9.59 Å². The molecule has 2 amide bonds. The molecule has 0 aliphatic heterocycles. The van der Waals surface area contributed by atoms with Crippen molar-refractivity contribution >= 4 is 18.1 Å². The van der Waals surface area contributed by atoms with Crippen molar-refractivity contribution in [2.75, 3.05) is 11.9 Å². The van der Waals surface area contributed by atoms with Crippen LogP contribution in [-0.4, -0.2) is 34.8 Å². The molecule has 174 valence electrons. The van der Waals surface area contributed by atoms with Crippen molar-refractivity contribution in [3.05, 3.63) is 60.4 Å². The first-order valence-corrected chi connectivity index (χ1v) is 10.2. The predicted octanol–water partition coefficient (Wildman–Crippen LogP) is 4.38. The van der Waals surface area contributed by atoms with Gasteiger partial charge in [-0.15, -0.1) is 5.10 Å². The number of benzene rings is 2. The summed E-state index contributed by atoms with van der Waals surface area (Å²) in [4.78, 5) is 23.2. The average molecular weight is 460 g/mol. The minimum atomic E-state index is -3.38. The number of hydrogen-bond acceptors (Lipinski definition) is 4. The van der Waals surface area contributed by atoms with Gasteiger partial charge < -0.3 is 15.4 Å². The lowest BCUT2D eigenvalue weighted by Crippen LogP contribution is -2.31. The van der Waals surface area contributed by atoms with E-state index in [2.05, 4.69) is 20.5 Å². The minimum absolute atomic E-state index is 0.0853. The smallest absolute Gasteiger partial charge is 0.394 e. The molecule has 0 aliphatic carbocycles. The van der Waals surface area contributed by atoms with Gasteiger partial charge in [-0.3, -0.25) is 9.59 Å². The van der Waals surface area contributed by atoms with Crippen LogP contribution in [0.5, 0.6) is 5.75 Å². The summed E-state index contributed by atoms with van der Waals surface area (Å²) in [5, 5.41) is 9.47. The molecule has 33 heavy (non-hydrogen) atoms. The SMILES string of the molecule is CC[C@H](CNC=O)C(=O)Nc1cc(-c2cccc(OC(C)(F)F)c2)n(-c2ccccc2F)n1. The summed E-state index contributed by atoms with van der Waals surface area (Å²) in [5.74, 6) is -1.39. The van der Waals surface area contributed by atoms with Gasteiger partial charge in [0, 0.05) is 25.1 Å². The molecule has 2 aromatic carbocycles. The van der Waals surface area contributed by atoms with Crippen molar-refractivity contribution < 1.29 is 27.5 Å². The van der Waals surface area contributed by atoms with Crippen LogP contribution in [0.2, 0.25) is 0 Å². The fraction of sp³-hybridized carbons (Fsp3) is 0.261. The van der Waals surface area contributed by atoms with Gasteiger partial charge >= 0.3 is 6.11 Å². The maximum Gasteiger partial charge on any atom is 0.394 e. The molecule has 1 heterocycles. The molecule has 2 N–H and O–H groups in total. The molecule has 0 aliphatic rings. The predicted molar refractivity (Wildman–Crippen MR) is 117 cm³/mol. The Morgan fingerprint density at radius 2 is 1.97 bits per heavy atom. The molecule has 0 spiro atoms. The topological polar surface area (TPSA) is 85.3 Å². The van der Waals surface area contributed by atoms with E-state index >= 15 is 0 Å². The number of halogens is 3. The van der Waals surface area contributed by atoms with Gasteiger partial charge in [-0.05, 0) is 30.7 Å². The molecule has 7 nitrogen and oxygen atoms in total. The Morgan fingerprint density at radius 3 is 2.64 bits per heavy atom. The number of nitrogens with one attached hydrogen (secondary N) is 2. The van der Waals surface area contributed by atoms with Crippen LogP contribution in [0.1, 0.15) is 20.3 Å². The third-order valence-electron chi connectivity index (χ3n) is 4.78. The van der Waals surface area contributed by atoms with Crippen LogP contribution < -0.4 is 15.4 Å². The zero-order chi connectivity index (χ0) is 24.0. The highest BCUT2D eigenvalue weighted by molar-refractivity contribution is 5.92. The first kappa shape index (κ1) is 23.8. The Kier molecular flexibility index (Phi) is 7.37. The second kappa shape index (κ2) is 10.2. The summed E-state index contributed by atoms with van der Waals surface area (Å²) in [5.41, 5.74) is 0.872. The number of nitrogens with zero attached hydrogens (tertiary/aromatic N) is 2. The average Bonchev–Trinajstić information content (AvgIpc) is 3.17. The van der Waals surface area contributed by atoms with Crippen molar-refractivity contribution in [2.24, 2.45) is 5.92 Å². The molecule has 3 rings (SSSR count). The molecule has 1 atom stereocenters. The molecule has 1 aromatic heterocycles. The van der Waals surface area contributed by atoms with E-state index in [1.807, 2.05) is 0 Å². The van der Waals surface area contributed by atoms with Crippen molar-refractivity contribution in [3.8, 4) is 22.7 Å². The van der Waals surface area contributed by atoms with E-state index in [0.29, 0.717) is 31.0 Å². The Labute approximate surface area is 188 Å². The molecule has 3 aromatic rings. The summed E-state index contributed by atoms with van der Waals surface area (Å²) < 4.78 is 47.1. The van der Waals surface area contributed by atoms with E-state index in [1.165, 1.54) is 47.1 Å². The molecule has 0 bridgehead atoms. The summed E-state index contributed by atoms with van der Waals surface area (Å²) in [6, 6.07) is 13.3. The molecule has 0 saturated carbocycles. The highest BCUT2D eigenvalue weighted by Gasteiger charge is 2.24. The van der Waals surface area contributed by atoms with E-state index in [0.717, 1.165) is 0 Å². The maximum absolute atomic E-state index is 14.6. The first-order valence-electron chi connectivity index (χ1n) is 10.2. The zero-order valence-electron chi connectivity index (χ0n) is 18.0. The minimum Gasteiger partial charge on any atom is -0.433 e. The van der Waals surface area contributed by atoms with Gasteiger partial charge in [0.25, 0.3) is 0 Å². The number of carbonyl (C=O) groups is 2. The number of rotatable bonds is 10. The van der Waals surface area contributed by atoms with Gasteiger partial charge in [0.15, 0.2) is 5.82 Å². The van der Waals surface area contributed by atoms with Gasteiger partial charge in [0.1, 0.15) is 17.3 Å². The molecule has 0 unspecified atom stereocenters. The Balaban J connectivity index is 2.02. The van der Waals surface area contributed by atoms with Crippen molar-refractivity contribution in [1.29, 1.82) is 0 Å². The van der Waals surface area contributed by atoms with E-state index in [4.69, 9.17) is 0 Å². The fourth-order valence-corrected chi connectivity index (χ4v) is 3.22. The quantitative estimate of drug-likeness (QED) is 0.440. The van der Waals surface area contributed by atoms with Crippen molar-refractivity contribution in [2.45, 2.75) is 26.4 Å². The number of hydrogen-bond donors (Lipinski definition) is 2. The summed E-state index contributed by atoms with van der Waals surface area (Å²) in [6.07, 6.45) is -2.40.